The molecular formula is C22H37N5O5. The van der Waals surface area contributed by atoms with Crippen LogP contribution < -0.4 is 21.9 Å². The molecule has 1 heterocycles. The highest BCUT2D eigenvalue weighted by Crippen LogP contribution is 2.30. The summed E-state index contributed by atoms with van der Waals surface area (Å²) < 4.78 is 6.31. The van der Waals surface area contributed by atoms with E-state index in [4.69, 9.17) is 10.5 Å². The van der Waals surface area contributed by atoms with Crippen molar-refractivity contribution in [3.05, 3.63) is 20.8 Å². The highest BCUT2D eigenvalue weighted by atomic mass is 16.5. The quantitative estimate of drug-likeness (QED) is 0.408. The molecule has 32 heavy (non-hydrogen) atoms. The van der Waals surface area contributed by atoms with Crippen molar-refractivity contribution >= 4 is 23.4 Å². The average molecular weight is 452 g/mol. The van der Waals surface area contributed by atoms with E-state index in [2.05, 4.69) is 4.98 Å². The number of anilines is 2. The maximum absolute atomic E-state index is 13.4. The lowest BCUT2D eigenvalue weighted by Gasteiger charge is -2.28. The van der Waals surface area contributed by atoms with Gasteiger partial charge in [-0.15, -0.1) is 0 Å². The van der Waals surface area contributed by atoms with Crippen molar-refractivity contribution in [2.45, 2.75) is 65.8 Å². The standard InChI is InChI=1S/C22H37N5O5/c1-4-7-12-26(19-20(23)27(11-5-2)22(31)24-21(19)30)17(28)15-25(14-16-8-9-16)13-10-18(29)32-6-3/h16H,4-15,23H2,1-3H3,(H,24,30,31). The number of H-pyrrole nitrogens is 1. The molecule has 2 rings (SSSR count). The summed E-state index contributed by atoms with van der Waals surface area (Å²) in [6, 6.07) is 0. The molecule has 1 fully saturated rings. The molecule has 0 bridgehead atoms. The lowest BCUT2D eigenvalue weighted by atomic mass is 10.2. The Bertz CT molecular complexity index is 890. The van der Waals surface area contributed by atoms with Crippen molar-refractivity contribution in [2.75, 3.05) is 43.4 Å². The van der Waals surface area contributed by atoms with E-state index in [-0.39, 0.29) is 36.3 Å². The number of unbranched alkanes of at least 4 members (excludes halogenated alkanes) is 1. The fraction of sp³-hybridized carbons (Fsp3) is 0.727. The highest BCUT2D eigenvalue weighted by molar-refractivity contribution is 5.96. The van der Waals surface area contributed by atoms with Crippen LogP contribution in [0.25, 0.3) is 0 Å². The largest absolute Gasteiger partial charge is 0.466 e. The SMILES string of the molecule is CCCCN(C(=O)CN(CCC(=O)OCC)CC1CC1)c1c(N)n(CCC)c(=O)[nH]c1=O. The molecule has 10 heteroatoms. The molecule has 1 aromatic heterocycles. The fourth-order valence-electron chi connectivity index (χ4n) is 3.62. The molecule has 0 radical (unpaired) electrons. The van der Waals surface area contributed by atoms with E-state index >= 15 is 0 Å². The summed E-state index contributed by atoms with van der Waals surface area (Å²) >= 11 is 0. The number of esters is 1. The van der Waals surface area contributed by atoms with E-state index in [1.165, 1.54) is 9.47 Å². The minimum atomic E-state index is -0.662. The molecule has 0 atom stereocenters. The molecule has 0 saturated heterocycles. The maximum atomic E-state index is 13.4. The molecule has 180 valence electrons. The molecule has 0 spiro atoms. The van der Waals surface area contributed by atoms with Crippen LogP contribution in [0.5, 0.6) is 0 Å². The summed E-state index contributed by atoms with van der Waals surface area (Å²) in [7, 11) is 0. The Labute approximate surface area is 188 Å². The summed E-state index contributed by atoms with van der Waals surface area (Å²) in [6.45, 7) is 7.82. The van der Waals surface area contributed by atoms with E-state index < -0.39 is 11.2 Å². The van der Waals surface area contributed by atoms with Gasteiger partial charge in [-0.3, -0.25) is 28.8 Å². The van der Waals surface area contributed by atoms with Crippen molar-refractivity contribution < 1.29 is 14.3 Å². The third-order valence-corrected chi connectivity index (χ3v) is 5.48. The summed E-state index contributed by atoms with van der Waals surface area (Å²) in [4.78, 5) is 55.7. The monoisotopic (exact) mass is 451 g/mol. The topological polar surface area (TPSA) is 131 Å². The first-order chi connectivity index (χ1) is 15.3. The number of rotatable bonds is 14. The smallest absolute Gasteiger partial charge is 0.330 e. The van der Waals surface area contributed by atoms with Crippen LogP contribution in [0.4, 0.5) is 11.5 Å². The molecule has 3 N–H and O–H groups in total. The molecular weight excluding hydrogens is 414 g/mol. The first-order valence-corrected chi connectivity index (χ1v) is 11.6. The number of nitrogens with zero attached hydrogens (tertiary/aromatic N) is 3. The van der Waals surface area contributed by atoms with E-state index in [1.807, 2.05) is 18.7 Å². The predicted octanol–water partition coefficient (Wildman–Crippen LogP) is 1.33. The van der Waals surface area contributed by atoms with E-state index in [1.54, 1.807) is 6.92 Å². The zero-order valence-corrected chi connectivity index (χ0v) is 19.5. The molecule has 10 nitrogen and oxygen atoms in total. The number of nitrogen functional groups attached to an aromatic ring is 1. The van der Waals surface area contributed by atoms with Gasteiger partial charge in [-0.05, 0) is 38.5 Å². The molecule has 0 aliphatic heterocycles. The van der Waals surface area contributed by atoms with Crippen LogP contribution in [0.3, 0.4) is 0 Å². The van der Waals surface area contributed by atoms with E-state index in [9.17, 15) is 19.2 Å². The van der Waals surface area contributed by atoms with Crippen LogP contribution in [0.1, 0.15) is 59.3 Å². The first-order valence-electron chi connectivity index (χ1n) is 11.6. The first kappa shape index (κ1) is 25.6. The molecule has 1 aromatic rings. The second-order valence-corrected chi connectivity index (χ2v) is 8.28. The second-order valence-electron chi connectivity index (χ2n) is 8.28. The zero-order valence-electron chi connectivity index (χ0n) is 19.5. The summed E-state index contributed by atoms with van der Waals surface area (Å²) in [5, 5.41) is 0. The van der Waals surface area contributed by atoms with Gasteiger partial charge in [-0.1, -0.05) is 20.3 Å². The Morgan fingerprint density at radius 2 is 1.88 bits per heavy atom. The van der Waals surface area contributed by atoms with Gasteiger partial charge in [0.25, 0.3) is 5.56 Å². The maximum Gasteiger partial charge on any atom is 0.330 e. The summed E-state index contributed by atoms with van der Waals surface area (Å²) in [5.41, 5.74) is 4.99. The number of hydrogen-bond acceptors (Lipinski definition) is 7. The average Bonchev–Trinajstić information content (AvgIpc) is 3.55. The molecule has 0 aromatic carbocycles. The Hall–Kier alpha value is -2.62. The van der Waals surface area contributed by atoms with E-state index in [0.717, 1.165) is 19.3 Å². The number of carbonyl (C=O) groups is 2. The number of nitrogens with one attached hydrogen (secondary N) is 1. The highest BCUT2D eigenvalue weighted by Gasteiger charge is 2.29. The normalized spacial score (nSPS) is 13.4. The number of aromatic nitrogens is 2. The van der Waals surface area contributed by atoms with Crippen LogP contribution in [0.2, 0.25) is 0 Å². The Morgan fingerprint density at radius 1 is 1.16 bits per heavy atom. The Morgan fingerprint density at radius 3 is 2.47 bits per heavy atom. The minimum Gasteiger partial charge on any atom is -0.466 e. The van der Waals surface area contributed by atoms with Crippen LogP contribution >= 0.6 is 0 Å². The van der Waals surface area contributed by atoms with Crippen molar-refractivity contribution in [3.8, 4) is 0 Å². The van der Waals surface area contributed by atoms with Crippen molar-refractivity contribution in [3.63, 3.8) is 0 Å². The Balaban J connectivity index is 2.28. The van der Waals surface area contributed by atoms with Gasteiger partial charge >= 0.3 is 11.7 Å². The van der Waals surface area contributed by atoms with Crippen molar-refractivity contribution in [1.29, 1.82) is 0 Å². The zero-order chi connectivity index (χ0) is 23.7. The van der Waals surface area contributed by atoms with E-state index in [0.29, 0.717) is 51.5 Å². The summed E-state index contributed by atoms with van der Waals surface area (Å²) in [6.07, 6.45) is 4.58. The lowest BCUT2D eigenvalue weighted by Crippen LogP contribution is -2.46. The van der Waals surface area contributed by atoms with Crippen LogP contribution in [0, 0.1) is 5.92 Å². The van der Waals surface area contributed by atoms with Gasteiger partial charge < -0.3 is 15.4 Å². The number of aromatic amines is 1. The van der Waals surface area contributed by atoms with Crippen LogP contribution in [0.15, 0.2) is 9.59 Å². The third kappa shape index (κ3) is 7.22. The van der Waals surface area contributed by atoms with Gasteiger partial charge in [-0.25, -0.2) is 4.79 Å². The lowest BCUT2D eigenvalue weighted by molar-refractivity contribution is -0.143. The van der Waals surface area contributed by atoms with Gasteiger partial charge in [0, 0.05) is 26.2 Å². The molecule has 1 aliphatic rings. The predicted molar refractivity (Wildman–Crippen MR) is 124 cm³/mol. The van der Waals surface area contributed by atoms with Gasteiger partial charge in [0.2, 0.25) is 5.91 Å². The number of hydrogen-bond donors (Lipinski definition) is 2. The van der Waals surface area contributed by atoms with Crippen LogP contribution in [-0.4, -0.2) is 59.1 Å². The van der Waals surface area contributed by atoms with Crippen molar-refractivity contribution in [2.24, 2.45) is 5.92 Å². The van der Waals surface area contributed by atoms with Gasteiger partial charge in [-0.2, -0.15) is 0 Å². The van der Waals surface area contributed by atoms with Crippen molar-refractivity contribution in [1.82, 2.24) is 14.5 Å². The van der Waals surface area contributed by atoms with Gasteiger partial charge in [0.1, 0.15) is 5.82 Å². The molecule has 1 amide bonds. The molecule has 0 unspecified atom stereocenters. The minimum absolute atomic E-state index is 0.00493. The van der Waals surface area contributed by atoms with Gasteiger partial charge in [0.05, 0.1) is 19.6 Å². The number of amides is 1. The Kier molecular flexibility index (Phi) is 9.96. The summed E-state index contributed by atoms with van der Waals surface area (Å²) in [5.74, 6) is -0.0443. The molecule has 1 aliphatic carbocycles. The third-order valence-electron chi connectivity index (χ3n) is 5.48. The fourth-order valence-corrected chi connectivity index (χ4v) is 3.62. The number of ether oxygens (including phenoxy) is 1. The molecule has 1 saturated carbocycles. The second kappa shape index (κ2) is 12.4. The number of carbonyl (C=O) groups excluding carboxylic acids is 2. The number of nitrogens with two attached hydrogens (primary N) is 1. The van der Waals surface area contributed by atoms with Crippen LogP contribution in [-0.2, 0) is 20.9 Å². The van der Waals surface area contributed by atoms with Gasteiger partial charge in [0.15, 0.2) is 5.69 Å².